The van der Waals surface area contributed by atoms with E-state index >= 15 is 0 Å². The average molecular weight is 420 g/mol. The highest BCUT2D eigenvalue weighted by Crippen LogP contribution is 2.40. The number of anilines is 1. The Balaban J connectivity index is 1.66. The van der Waals surface area contributed by atoms with Crippen molar-refractivity contribution in [1.29, 1.82) is 0 Å². The number of hydrogen-bond acceptors (Lipinski definition) is 4. The van der Waals surface area contributed by atoms with Gasteiger partial charge < -0.3 is 10.2 Å². The summed E-state index contributed by atoms with van der Waals surface area (Å²) in [6.07, 6.45) is 3.92. The molecule has 1 N–H and O–H groups in total. The zero-order valence-electron chi connectivity index (χ0n) is 18.6. The normalized spacial score (nSPS) is 13.6. The Morgan fingerprint density at radius 2 is 1.94 bits per heavy atom. The number of fused-ring (bicyclic) bond motifs is 1. The molecule has 1 aliphatic carbocycles. The molecule has 1 aliphatic rings. The first-order chi connectivity index (χ1) is 14.9. The van der Waals surface area contributed by atoms with Crippen LogP contribution in [0.3, 0.4) is 0 Å². The second-order valence-electron chi connectivity index (χ2n) is 8.30. The maximum Gasteiger partial charge on any atom is 0.256 e. The number of carbonyl (C=O) groups excluding carboxylic acids is 2. The highest BCUT2D eigenvalue weighted by molar-refractivity contribution is 6.12. The molecule has 0 radical (unpaired) electrons. The molecule has 0 spiro atoms. The van der Waals surface area contributed by atoms with Gasteiger partial charge >= 0.3 is 0 Å². The van der Waals surface area contributed by atoms with Crippen molar-refractivity contribution < 1.29 is 9.59 Å². The molecule has 2 aromatic heterocycles. The van der Waals surface area contributed by atoms with Crippen LogP contribution in [-0.4, -0.2) is 44.6 Å². The molecule has 2 heterocycles. The molecular weight excluding hydrogens is 390 g/mol. The van der Waals surface area contributed by atoms with Gasteiger partial charge in [0.25, 0.3) is 11.8 Å². The van der Waals surface area contributed by atoms with E-state index in [-0.39, 0.29) is 17.9 Å². The molecule has 1 saturated carbocycles. The van der Waals surface area contributed by atoms with E-state index in [9.17, 15) is 9.59 Å². The SMILES string of the molecule is CCN(CC)C(=O)c1cccc(NC(=O)c2cc(C3CC3)nc3c2cnn3C(C)C)c1. The van der Waals surface area contributed by atoms with E-state index in [4.69, 9.17) is 4.98 Å². The third-order valence-corrected chi connectivity index (χ3v) is 5.73. The molecular formula is C24H29N5O2. The predicted octanol–water partition coefficient (Wildman–Crippen LogP) is 4.62. The summed E-state index contributed by atoms with van der Waals surface area (Å²) >= 11 is 0. The second kappa shape index (κ2) is 8.49. The Morgan fingerprint density at radius 3 is 2.58 bits per heavy atom. The van der Waals surface area contributed by atoms with Crippen LogP contribution in [0, 0.1) is 0 Å². The number of rotatable bonds is 7. The van der Waals surface area contributed by atoms with Crippen molar-refractivity contribution in [2.75, 3.05) is 18.4 Å². The van der Waals surface area contributed by atoms with Gasteiger partial charge in [-0.2, -0.15) is 5.10 Å². The lowest BCUT2D eigenvalue weighted by Gasteiger charge is -2.19. The molecule has 0 bridgehead atoms. The summed E-state index contributed by atoms with van der Waals surface area (Å²) in [6.45, 7) is 9.30. The largest absolute Gasteiger partial charge is 0.339 e. The van der Waals surface area contributed by atoms with Gasteiger partial charge in [-0.1, -0.05) is 6.07 Å². The summed E-state index contributed by atoms with van der Waals surface area (Å²) in [5.41, 5.74) is 3.42. The van der Waals surface area contributed by atoms with Crippen molar-refractivity contribution in [3.63, 3.8) is 0 Å². The topological polar surface area (TPSA) is 80.1 Å². The molecule has 1 fully saturated rings. The first kappa shape index (κ1) is 21.0. The van der Waals surface area contributed by atoms with Crippen molar-refractivity contribution in [1.82, 2.24) is 19.7 Å². The summed E-state index contributed by atoms with van der Waals surface area (Å²) in [7, 11) is 0. The molecule has 7 nitrogen and oxygen atoms in total. The summed E-state index contributed by atoms with van der Waals surface area (Å²) in [4.78, 5) is 32.5. The Bertz CT molecular complexity index is 1130. The minimum absolute atomic E-state index is 0.0402. The Hall–Kier alpha value is -3.22. The van der Waals surface area contributed by atoms with E-state index in [0.29, 0.717) is 35.8 Å². The fourth-order valence-corrected chi connectivity index (χ4v) is 3.81. The van der Waals surface area contributed by atoms with Gasteiger partial charge in [0.15, 0.2) is 5.65 Å². The van der Waals surface area contributed by atoms with E-state index < -0.39 is 0 Å². The zero-order chi connectivity index (χ0) is 22.1. The number of nitrogens with zero attached hydrogens (tertiary/aromatic N) is 4. The molecule has 0 atom stereocenters. The molecule has 31 heavy (non-hydrogen) atoms. The Kier molecular flexibility index (Phi) is 5.76. The van der Waals surface area contributed by atoms with Gasteiger partial charge in [0.05, 0.1) is 17.1 Å². The fraction of sp³-hybridized carbons (Fsp3) is 0.417. The number of nitrogens with one attached hydrogen (secondary N) is 1. The minimum atomic E-state index is -0.218. The van der Waals surface area contributed by atoms with E-state index in [1.54, 1.807) is 35.4 Å². The first-order valence-corrected chi connectivity index (χ1v) is 11.0. The molecule has 0 unspecified atom stereocenters. The van der Waals surface area contributed by atoms with Gasteiger partial charge in [0.1, 0.15) is 0 Å². The highest BCUT2D eigenvalue weighted by Gasteiger charge is 2.28. The Morgan fingerprint density at radius 1 is 1.19 bits per heavy atom. The van der Waals surface area contributed by atoms with Crippen LogP contribution in [-0.2, 0) is 0 Å². The zero-order valence-corrected chi connectivity index (χ0v) is 18.6. The van der Waals surface area contributed by atoms with E-state index in [1.165, 1.54) is 0 Å². The summed E-state index contributed by atoms with van der Waals surface area (Å²) in [5, 5.41) is 8.18. The van der Waals surface area contributed by atoms with Crippen LogP contribution in [0.2, 0.25) is 0 Å². The van der Waals surface area contributed by atoms with Gasteiger partial charge in [0.2, 0.25) is 0 Å². The molecule has 7 heteroatoms. The summed E-state index contributed by atoms with van der Waals surface area (Å²) in [5.74, 6) is 0.160. The van der Waals surface area contributed by atoms with Crippen LogP contribution in [0.4, 0.5) is 5.69 Å². The van der Waals surface area contributed by atoms with E-state index in [0.717, 1.165) is 29.6 Å². The fourth-order valence-electron chi connectivity index (χ4n) is 3.81. The number of carbonyl (C=O) groups is 2. The number of pyridine rings is 1. The molecule has 0 aliphatic heterocycles. The van der Waals surface area contributed by atoms with Crippen LogP contribution in [0.25, 0.3) is 11.0 Å². The molecule has 1 aromatic carbocycles. The third kappa shape index (κ3) is 4.17. The van der Waals surface area contributed by atoms with Crippen molar-refractivity contribution in [3.05, 3.63) is 53.3 Å². The van der Waals surface area contributed by atoms with Crippen LogP contribution < -0.4 is 5.32 Å². The summed E-state index contributed by atoms with van der Waals surface area (Å²) < 4.78 is 1.86. The predicted molar refractivity (Wildman–Crippen MR) is 122 cm³/mol. The average Bonchev–Trinajstić information content (AvgIpc) is 3.52. The molecule has 4 rings (SSSR count). The van der Waals surface area contributed by atoms with Gasteiger partial charge in [-0.15, -0.1) is 0 Å². The van der Waals surface area contributed by atoms with Crippen LogP contribution >= 0.6 is 0 Å². The number of benzene rings is 1. The maximum atomic E-state index is 13.3. The lowest BCUT2D eigenvalue weighted by Crippen LogP contribution is -2.30. The molecule has 162 valence electrons. The molecule has 3 aromatic rings. The van der Waals surface area contributed by atoms with Crippen LogP contribution in [0.15, 0.2) is 36.5 Å². The number of amides is 2. The van der Waals surface area contributed by atoms with Gasteiger partial charge in [-0.05, 0) is 64.8 Å². The van der Waals surface area contributed by atoms with Crippen LogP contribution in [0.1, 0.15) is 78.9 Å². The van der Waals surface area contributed by atoms with Crippen molar-refractivity contribution in [2.24, 2.45) is 0 Å². The first-order valence-electron chi connectivity index (χ1n) is 11.0. The van der Waals surface area contributed by atoms with Crippen molar-refractivity contribution >= 4 is 28.5 Å². The second-order valence-corrected chi connectivity index (χ2v) is 8.30. The van der Waals surface area contributed by atoms with Gasteiger partial charge in [-0.3, -0.25) is 9.59 Å². The molecule has 0 saturated heterocycles. The maximum absolute atomic E-state index is 13.3. The summed E-state index contributed by atoms with van der Waals surface area (Å²) in [6, 6.07) is 9.15. The van der Waals surface area contributed by atoms with Crippen molar-refractivity contribution in [3.8, 4) is 0 Å². The van der Waals surface area contributed by atoms with E-state index in [1.807, 2.05) is 24.6 Å². The minimum Gasteiger partial charge on any atom is -0.339 e. The van der Waals surface area contributed by atoms with Gasteiger partial charge in [-0.25, -0.2) is 9.67 Å². The highest BCUT2D eigenvalue weighted by atomic mass is 16.2. The number of aromatic nitrogens is 3. The van der Waals surface area contributed by atoms with E-state index in [2.05, 4.69) is 24.3 Å². The number of hydrogen-bond donors (Lipinski definition) is 1. The van der Waals surface area contributed by atoms with Gasteiger partial charge in [0, 0.05) is 42.0 Å². The lowest BCUT2D eigenvalue weighted by molar-refractivity contribution is 0.0772. The monoisotopic (exact) mass is 419 g/mol. The standard InChI is InChI=1S/C24H29N5O2/c1-5-28(6-2)24(31)17-8-7-9-18(12-17)26-23(30)19-13-21(16-10-11-16)27-22-20(19)14-25-29(22)15(3)4/h7-9,12-16H,5-6,10-11H2,1-4H3,(H,26,30). The molecule has 2 amide bonds. The van der Waals surface area contributed by atoms with Crippen LogP contribution in [0.5, 0.6) is 0 Å². The quantitative estimate of drug-likeness (QED) is 0.606. The Labute approximate surface area is 182 Å². The van der Waals surface area contributed by atoms with Crippen molar-refractivity contribution in [2.45, 2.75) is 52.5 Å². The lowest BCUT2D eigenvalue weighted by atomic mass is 10.1. The smallest absolute Gasteiger partial charge is 0.256 e. The third-order valence-electron chi connectivity index (χ3n) is 5.73.